The molecule has 5 heteroatoms. The van der Waals surface area contributed by atoms with E-state index in [1.165, 1.54) is 0 Å². The van der Waals surface area contributed by atoms with Crippen molar-refractivity contribution < 1.29 is 22.8 Å². The van der Waals surface area contributed by atoms with Crippen molar-refractivity contribution in [2.24, 2.45) is 0 Å². The molecule has 0 aromatic heterocycles. The summed E-state index contributed by atoms with van der Waals surface area (Å²) >= 11 is 0. The molecule has 0 aromatic carbocycles. The Morgan fingerprint density at radius 3 is 2.25 bits per heavy atom. The third kappa shape index (κ3) is 1.44. The maximum absolute atomic E-state index is 11.9. The van der Waals surface area contributed by atoms with Gasteiger partial charge in [-0.3, -0.25) is 9.59 Å². The number of ketones is 2. The fourth-order valence-corrected chi connectivity index (χ4v) is 0.687. The van der Waals surface area contributed by atoms with Crippen LogP contribution in [0.4, 0.5) is 13.2 Å². The summed E-state index contributed by atoms with van der Waals surface area (Å²) in [7, 11) is 0. The van der Waals surface area contributed by atoms with E-state index in [0.717, 1.165) is 6.08 Å². The minimum Gasteiger partial charge on any atom is -0.285 e. The molecule has 0 saturated heterocycles. The van der Waals surface area contributed by atoms with E-state index >= 15 is 0 Å². The van der Waals surface area contributed by atoms with Gasteiger partial charge in [0, 0.05) is 6.08 Å². The molecule has 12 heavy (non-hydrogen) atoms. The van der Waals surface area contributed by atoms with E-state index in [1.54, 1.807) is 0 Å². The van der Waals surface area contributed by atoms with Gasteiger partial charge >= 0.3 is 6.18 Å². The van der Waals surface area contributed by atoms with Gasteiger partial charge in [0.1, 0.15) is 5.57 Å². The first-order valence-electron chi connectivity index (χ1n) is 2.89. The molecular weight excluding hydrogens is 173 g/mol. The predicted octanol–water partition coefficient (Wildman–Crippen LogP) is 0.986. The van der Waals surface area contributed by atoms with Gasteiger partial charge < -0.3 is 0 Å². The Morgan fingerprint density at radius 2 is 1.83 bits per heavy atom. The van der Waals surface area contributed by atoms with Crippen LogP contribution in [0.3, 0.4) is 0 Å². The first-order valence-corrected chi connectivity index (χ1v) is 2.89. The van der Waals surface area contributed by atoms with Crippen LogP contribution >= 0.6 is 0 Å². The summed E-state index contributed by atoms with van der Waals surface area (Å²) < 4.78 is 35.6. The minimum atomic E-state index is -4.76. The summed E-state index contributed by atoms with van der Waals surface area (Å²) in [5.41, 5.74) is -1.44. The second-order valence-corrected chi connectivity index (χ2v) is 2.05. The van der Waals surface area contributed by atoms with E-state index in [2.05, 4.69) is 0 Å². The highest BCUT2D eigenvalue weighted by molar-refractivity contribution is 6.47. The molecule has 0 atom stereocenters. The van der Waals surface area contributed by atoms with Crippen LogP contribution in [-0.2, 0) is 9.59 Å². The van der Waals surface area contributed by atoms with Crippen LogP contribution < -0.4 is 0 Å². The van der Waals surface area contributed by atoms with E-state index in [4.69, 9.17) is 0 Å². The number of halogens is 3. The third-order valence-electron chi connectivity index (χ3n) is 1.22. The number of allylic oxidation sites excluding steroid dienone is 4. The number of alkyl halides is 3. The number of hydrogen-bond acceptors (Lipinski definition) is 2. The Hall–Kier alpha value is -1.39. The molecular formula is C7H2F3O2. The Kier molecular flexibility index (Phi) is 1.87. The normalized spacial score (nSPS) is 18.1. The number of rotatable bonds is 0. The molecule has 0 N–H and O–H groups in total. The maximum Gasteiger partial charge on any atom is 0.420 e. The average molecular weight is 175 g/mol. The molecule has 0 unspecified atom stereocenters. The van der Waals surface area contributed by atoms with Crippen LogP contribution in [0.15, 0.2) is 17.7 Å². The lowest BCUT2D eigenvalue weighted by molar-refractivity contribution is -0.139. The van der Waals surface area contributed by atoms with Gasteiger partial charge in [-0.05, 0) is 12.2 Å². The first-order chi connectivity index (χ1) is 5.43. The van der Waals surface area contributed by atoms with Crippen molar-refractivity contribution in [3.8, 4) is 0 Å². The monoisotopic (exact) mass is 175 g/mol. The molecule has 0 heterocycles. The lowest BCUT2D eigenvalue weighted by Crippen LogP contribution is -2.27. The lowest BCUT2D eigenvalue weighted by atomic mass is 10.0. The summed E-state index contributed by atoms with van der Waals surface area (Å²) in [6.45, 7) is 0. The standard InChI is InChI=1S/C7H2F3O2/c8-7(9,10)4-2-1-3-5(11)6(4)12/h1-2H. The average Bonchev–Trinajstić information content (AvgIpc) is 1.92. The van der Waals surface area contributed by atoms with Crippen molar-refractivity contribution in [1.29, 1.82) is 0 Å². The smallest absolute Gasteiger partial charge is 0.285 e. The van der Waals surface area contributed by atoms with E-state index in [0.29, 0.717) is 6.08 Å². The molecule has 1 rings (SSSR count). The highest BCUT2D eigenvalue weighted by Gasteiger charge is 2.41. The van der Waals surface area contributed by atoms with Crippen molar-refractivity contribution in [3.63, 3.8) is 0 Å². The topological polar surface area (TPSA) is 34.1 Å². The summed E-state index contributed by atoms with van der Waals surface area (Å²) in [6.07, 6.45) is -1.60. The molecule has 0 aliphatic heterocycles. The van der Waals surface area contributed by atoms with Crippen LogP contribution in [0.25, 0.3) is 0 Å². The van der Waals surface area contributed by atoms with Gasteiger partial charge in [0.05, 0.1) is 0 Å². The van der Waals surface area contributed by atoms with E-state index in [-0.39, 0.29) is 0 Å². The van der Waals surface area contributed by atoms with E-state index in [1.807, 2.05) is 6.08 Å². The zero-order valence-electron chi connectivity index (χ0n) is 5.61. The SMILES string of the molecule is O=C1[C]=CC=C(C(F)(F)F)C1=O. The number of carbonyl (C=O) groups is 2. The number of hydrogen-bond donors (Lipinski definition) is 0. The van der Waals surface area contributed by atoms with Crippen molar-refractivity contribution in [2.45, 2.75) is 6.18 Å². The van der Waals surface area contributed by atoms with Gasteiger partial charge in [0.25, 0.3) is 0 Å². The van der Waals surface area contributed by atoms with Crippen molar-refractivity contribution in [2.75, 3.05) is 0 Å². The Labute approximate surface area is 65.4 Å². The molecule has 0 aromatic rings. The molecule has 0 amide bonds. The van der Waals surface area contributed by atoms with Gasteiger partial charge in [0.15, 0.2) is 0 Å². The van der Waals surface area contributed by atoms with Crippen LogP contribution in [0, 0.1) is 6.08 Å². The second-order valence-electron chi connectivity index (χ2n) is 2.05. The highest BCUT2D eigenvalue weighted by Crippen LogP contribution is 2.27. The molecule has 1 aliphatic rings. The Balaban J connectivity index is 3.07. The van der Waals surface area contributed by atoms with Crippen LogP contribution in [0.2, 0.25) is 0 Å². The van der Waals surface area contributed by atoms with Gasteiger partial charge in [-0.25, -0.2) is 0 Å². The van der Waals surface area contributed by atoms with Crippen molar-refractivity contribution >= 4 is 11.6 Å². The van der Waals surface area contributed by atoms with Gasteiger partial charge in [-0.2, -0.15) is 13.2 Å². The molecule has 63 valence electrons. The zero-order valence-corrected chi connectivity index (χ0v) is 5.61. The van der Waals surface area contributed by atoms with E-state index in [9.17, 15) is 22.8 Å². The van der Waals surface area contributed by atoms with Gasteiger partial charge in [-0.1, -0.05) is 0 Å². The molecule has 2 nitrogen and oxygen atoms in total. The molecule has 0 saturated carbocycles. The van der Waals surface area contributed by atoms with Gasteiger partial charge in [0.2, 0.25) is 11.6 Å². The van der Waals surface area contributed by atoms with Crippen molar-refractivity contribution in [3.05, 3.63) is 23.8 Å². The highest BCUT2D eigenvalue weighted by atomic mass is 19.4. The number of Topliss-reactive ketones (excluding diaryl/α,β-unsaturated/α-hetero) is 2. The maximum atomic E-state index is 11.9. The second kappa shape index (κ2) is 2.58. The van der Waals surface area contributed by atoms with Crippen molar-refractivity contribution in [1.82, 2.24) is 0 Å². The fourth-order valence-electron chi connectivity index (χ4n) is 0.687. The fraction of sp³-hybridized carbons (Fsp3) is 0.143. The van der Waals surface area contributed by atoms with Gasteiger partial charge in [-0.15, -0.1) is 0 Å². The molecule has 0 fully saturated rings. The molecule has 1 aliphatic carbocycles. The van der Waals surface area contributed by atoms with Crippen LogP contribution in [0.5, 0.6) is 0 Å². The van der Waals surface area contributed by atoms with Crippen LogP contribution in [0.1, 0.15) is 0 Å². The largest absolute Gasteiger partial charge is 0.420 e. The molecule has 0 spiro atoms. The van der Waals surface area contributed by atoms with Crippen LogP contribution in [-0.4, -0.2) is 17.7 Å². The lowest BCUT2D eigenvalue weighted by Gasteiger charge is -2.09. The summed E-state index contributed by atoms with van der Waals surface area (Å²) in [4.78, 5) is 21.0. The van der Waals surface area contributed by atoms with E-state index < -0.39 is 23.3 Å². The Morgan fingerprint density at radius 1 is 1.25 bits per heavy atom. The third-order valence-corrected chi connectivity index (χ3v) is 1.22. The summed E-state index contributed by atoms with van der Waals surface area (Å²) in [5, 5.41) is 0. The summed E-state index contributed by atoms with van der Waals surface area (Å²) in [6, 6.07) is 0. The predicted molar refractivity (Wildman–Crippen MR) is 32.0 cm³/mol. The quantitative estimate of drug-likeness (QED) is 0.406. The minimum absolute atomic E-state index is 0.531. The summed E-state index contributed by atoms with van der Waals surface area (Å²) in [5.74, 6) is -2.81. The first kappa shape index (κ1) is 8.70. The molecule has 0 bridgehead atoms. The zero-order chi connectivity index (χ0) is 9.35. The molecule has 1 radical (unpaired) electrons. The Bertz CT molecular complexity index is 296. The number of carbonyl (C=O) groups excluding carboxylic acids is 2.